The standard InChI is InChI=1S/C31H44FNO3/c1-3-5-7-8-9-11-23-35-29-22-21-28(33-30(29)32)25-17-19-27(20-18-25)36-31(34)26-15-13-24(14-16-26)12-10-6-4-2/h17-22,24,26H,3-16,23H2,1-2H3/t24-,26-. The summed E-state index contributed by atoms with van der Waals surface area (Å²) in [6.45, 7) is 4.94. The minimum absolute atomic E-state index is 0.00764. The molecule has 1 fully saturated rings. The second kappa shape index (κ2) is 15.6. The number of ether oxygens (including phenoxy) is 2. The van der Waals surface area contributed by atoms with Gasteiger partial charge in [0.05, 0.1) is 18.2 Å². The van der Waals surface area contributed by atoms with Crippen LogP contribution >= 0.6 is 0 Å². The number of hydrogen-bond donors (Lipinski definition) is 0. The van der Waals surface area contributed by atoms with Crippen LogP contribution in [0, 0.1) is 17.8 Å². The predicted molar refractivity (Wildman–Crippen MR) is 144 cm³/mol. The third kappa shape index (κ3) is 9.22. The van der Waals surface area contributed by atoms with Crippen molar-refractivity contribution in [3.8, 4) is 22.8 Å². The first-order valence-corrected chi connectivity index (χ1v) is 14.2. The summed E-state index contributed by atoms with van der Waals surface area (Å²) in [5, 5.41) is 0. The maximum Gasteiger partial charge on any atom is 0.314 e. The molecule has 36 heavy (non-hydrogen) atoms. The molecule has 0 amide bonds. The highest BCUT2D eigenvalue weighted by molar-refractivity contribution is 5.75. The molecule has 3 rings (SSSR count). The molecule has 1 aliphatic rings. The van der Waals surface area contributed by atoms with Crippen LogP contribution in [-0.4, -0.2) is 17.6 Å². The van der Waals surface area contributed by atoms with Crippen LogP contribution in [0.15, 0.2) is 36.4 Å². The Bertz CT molecular complexity index is 907. The van der Waals surface area contributed by atoms with E-state index in [1.807, 2.05) is 12.1 Å². The molecule has 0 spiro atoms. The van der Waals surface area contributed by atoms with Crippen molar-refractivity contribution in [2.24, 2.45) is 11.8 Å². The summed E-state index contributed by atoms with van der Waals surface area (Å²) < 4.78 is 25.7. The predicted octanol–water partition coefficient (Wildman–Crippen LogP) is 8.92. The van der Waals surface area contributed by atoms with E-state index in [0.29, 0.717) is 18.1 Å². The lowest BCUT2D eigenvalue weighted by Crippen LogP contribution is -2.25. The second-order valence-electron chi connectivity index (χ2n) is 10.3. The van der Waals surface area contributed by atoms with Crippen molar-refractivity contribution in [2.45, 2.75) is 104 Å². The van der Waals surface area contributed by atoms with Gasteiger partial charge < -0.3 is 9.47 Å². The Morgan fingerprint density at radius 1 is 0.861 bits per heavy atom. The average Bonchev–Trinajstić information content (AvgIpc) is 2.90. The van der Waals surface area contributed by atoms with Crippen LogP contribution in [0.5, 0.6) is 11.5 Å². The Kier molecular flexibility index (Phi) is 12.2. The number of unbranched alkanes of at least 4 members (excludes halogenated alkanes) is 7. The summed E-state index contributed by atoms with van der Waals surface area (Å²) in [4.78, 5) is 16.7. The van der Waals surface area contributed by atoms with Crippen LogP contribution < -0.4 is 9.47 Å². The zero-order chi connectivity index (χ0) is 25.6. The molecule has 1 saturated carbocycles. The maximum absolute atomic E-state index is 14.5. The van der Waals surface area contributed by atoms with Crippen molar-refractivity contribution in [3.05, 3.63) is 42.3 Å². The van der Waals surface area contributed by atoms with Crippen molar-refractivity contribution in [1.29, 1.82) is 0 Å². The summed E-state index contributed by atoms with van der Waals surface area (Å²) in [6, 6.07) is 10.5. The molecule has 1 heterocycles. The van der Waals surface area contributed by atoms with Crippen LogP contribution in [0.2, 0.25) is 0 Å². The molecule has 198 valence electrons. The molecule has 0 N–H and O–H groups in total. The Morgan fingerprint density at radius 3 is 2.22 bits per heavy atom. The lowest BCUT2D eigenvalue weighted by Gasteiger charge is -2.27. The Hall–Kier alpha value is -2.43. The molecule has 0 radical (unpaired) electrons. The number of hydrogen-bond acceptors (Lipinski definition) is 4. The average molecular weight is 498 g/mol. The van der Waals surface area contributed by atoms with Gasteiger partial charge in [0.1, 0.15) is 5.75 Å². The summed E-state index contributed by atoms with van der Waals surface area (Å²) in [5.41, 5.74) is 1.29. The van der Waals surface area contributed by atoms with Crippen molar-refractivity contribution in [1.82, 2.24) is 4.98 Å². The van der Waals surface area contributed by atoms with Crippen molar-refractivity contribution in [2.75, 3.05) is 6.61 Å². The zero-order valence-corrected chi connectivity index (χ0v) is 22.3. The Balaban J connectivity index is 1.43. The number of halogens is 1. The third-order valence-electron chi connectivity index (χ3n) is 7.33. The van der Waals surface area contributed by atoms with Crippen LogP contribution in [-0.2, 0) is 4.79 Å². The summed E-state index contributed by atoms with van der Waals surface area (Å²) >= 11 is 0. The number of benzene rings is 1. The first-order valence-electron chi connectivity index (χ1n) is 14.2. The molecule has 0 aliphatic heterocycles. The number of esters is 1. The van der Waals surface area contributed by atoms with Crippen LogP contribution in [0.3, 0.4) is 0 Å². The van der Waals surface area contributed by atoms with Gasteiger partial charge in [-0.2, -0.15) is 4.39 Å². The minimum Gasteiger partial charge on any atom is -0.489 e. The molecule has 0 saturated heterocycles. The highest BCUT2D eigenvalue weighted by Crippen LogP contribution is 2.33. The van der Waals surface area contributed by atoms with E-state index in [-0.39, 0.29) is 17.6 Å². The summed E-state index contributed by atoms with van der Waals surface area (Å²) in [6.07, 6.45) is 16.2. The number of carbonyl (C=O) groups is 1. The van der Waals surface area contributed by atoms with Gasteiger partial charge in [-0.3, -0.25) is 4.79 Å². The first-order chi connectivity index (χ1) is 17.6. The molecular weight excluding hydrogens is 453 g/mol. The number of nitrogens with zero attached hydrogens (tertiary/aromatic N) is 1. The van der Waals surface area contributed by atoms with Crippen molar-refractivity contribution >= 4 is 5.97 Å². The fraction of sp³-hybridized carbons (Fsp3) is 0.613. The highest BCUT2D eigenvalue weighted by atomic mass is 19.1. The van der Waals surface area contributed by atoms with Crippen molar-refractivity contribution in [3.63, 3.8) is 0 Å². The molecule has 0 unspecified atom stereocenters. The molecule has 5 heteroatoms. The summed E-state index contributed by atoms with van der Waals surface area (Å²) in [5.74, 6) is 0.739. The van der Waals surface area contributed by atoms with Crippen LogP contribution in [0.25, 0.3) is 11.3 Å². The maximum atomic E-state index is 14.5. The van der Waals surface area contributed by atoms with Crippen LogP contribution in [0.4, 0.5) is 4.39 Å². The number of pyridine rings is 1. The van der Waals surface area contributed by atoms with E-state index in [1.54, 1.807) is 24.3 Å². The molecule has 0 bridgehead atoms. The topological polar surface area (TPSA) is 48.4 Å². The van der Waals surface area contributed by atoms with E-state index < -0.39 is 5.95 Å². The second-order valence-corrected chi connectivity index (χ2v) is 10.3. The molecule has 1 aromatic heterocycles. The van der Waals surface area contributed by atoms with Gasteiger partial charge in [-0.1, -0.05) is 71.6 Å². The zero-order valence-electron chi connectivity index (χ0n) is 22.3. The van der Waals surface area contributed by atoms with Gasteiger partial charge in [0.15, 0.2) is 5.75 Å². The van der Waals surface area contributed by atoms with Gasteiger partial charge in [0, 0.05) is 5.56 Å². The van der Waals surface area contributed by atoms with Crippen molar-refractivity contribution < 1.29 is 18.7 Å². The third-order valence-corrected chi connectivity index (χ3v) is 7.33. The van der Waals surface area contributed by atoms with Gasteiger partial charge in [0.25, 0.3) is 5.95 Å². The lowest BCUT2D eigenvalue weighted by atomic mass is 9.80. The van der Waals surface area contributed by atoms with E-state index in [4.69, 9.17) is 9.47 Å². The quantitative estimate of drug-likeness (QED) is 0.107. The van der Waals surface area contributed by atoms with E-state index in [0.717, 1.165) is 50.0 Å². The van der Waals surface area contributed by atoms with Gasteiger partial charge in [-0.05, 0) is 74.4 Å². The highest BCUT2D eigenvalue weighted by Gasteiger charge is 2.27. The minimum atomic E-state index is -0.598. The number of carbonyl (C=O) groups excluding carboxylic acids is 1. The van der Waals surface area contributed by atoms with E-state index in [1.165, 1.54) is 51.4 Å². The Labute approximate surface area is 217 Å². The Morgan fingerprint density at radius 2 is 1.53 bits per heavy atom. The fourth-order valence-corrected chi connectivity index (χ4v) is 5.02. The molecule has 1 aliphatic carbocycles. The molecular formula is C31H44FNO3. The normalized spacial score (nSPS) is 17.6. The van der Waals surface area contributed by atoms with Gasteiger partial charge in [0.2, 0.25) is 0 Å². The van der Waals surface area contributed by atoms with E-state index >= 15 is 0 Å². The smallest absolute Gasteiger partial charge is 0.314 e. The monoisotopic (exact) mass is 497 g/mol. The SMILES string of the molecule is CCCCCCCCOc1ccc(-c2ccc(OC(=O)[C@H]3CC[C@H](CCCCC)CC3)cc2)nc1F. The molecule has 4 nitrogen and oxygen atoms in total. The van der Waals surface area contributed by atoms with E-state index in [2.05, 4.69) is 18.8 Å². The lowest BCUT2D eigenvalue weighted by molar-refractivity contribution is -0.140. The summed E-state index contributed by atoms with van der Waals surface area (Å²) in [7, 11) is 0. The molecule has 0 atom stereocenters. The first kappa shape index (κ1) is 28.1. The van der Waals surface area contributed by atoms with Gasteiger partial charge >= 0.3 is 5.97 Å². The van der Waals surface area contributed by atoms with Gasteiger partial charge in [-0.25, -0.2) is 4.98 Å². The van der Waals surface area contributed by atoms with Crippen LogP contribution in [0.1, 0.15) is 104 Å². The molecule has 2 aromatic rings. The van der Waals surface area contributed by atoms with E-state index in [9.17, 15) is 9.18 Å². The fourth-order valence-electron chi connectivity index (χ4n) is 5.02. The molecule has 1 aromatic carbocycles. The number of aromatic nitrogens is 1. The van der Waals surface area contributed by atoms with Gasteiger partial charge in [-0.15, -0.1) is 0 Å². The largest absolute Gasteiger partial charge is 0.489 e. The number of rotatable bonds is 15.